The molecule has 0 amide bonds. The molecule has 0 N–H and O–H groups in total. The molecule has 0 saturated carbocycles. The van der Waals surface area contributed by atoms with Crippen molar-refractivity contribution in [3.05, 3.63) is 23.8 Å². The molecule has 0 heterocycles. The first-order valence-electron chi connectivity index (χ1n) is 5.48. The Labute approximate surface area is 92.2 Å². The highest BCUT2D eigenvalue weighted by Gasteiger charge is 2.10. The molecule has 1 aromatic rings. The minimum absolute atomic E-state index is 0.616. The molecule has 0 radical (unpaired) electrons. The lowest BCUT2D eigenvalue weighted by atomic mass is 9.94. The molecule has 0 aliphatic rings. The van der Waals surface area contributed by atoms with Gasteiger partial charge in [0.25, 0.3) is 0 Å². The molecule has 0 aliphatic heterocycles. The summed E-state index contributed by atoms with van der Waals surface area (Å²) in [6, 6.07) is 6.18. The van der Waals surface area contributed by atoms with Crippen LogP contribution in [0.1, 0.15) is 38.2 Å². The van der Waals surface area contributed by atoms with Crippen LogP contribution in [-0.2, 0) is 0 Å². The molecule has 1 rings (SSSR count). The molecular formula is C13H20O2. The Morgan fingerprint density at radius 1 is 1.00 bits per heavy atom. The molecule has 0 aromatic heterocycles. The second kappa shape index (κ2) is 5.64. The second-order valence-electron chi connectivity index (χ2n) is 3.63. The summed E-state index contributed by atoms with van der Waals surface area (Å²) in [7, 11) is 3.34. The summed E-state index contributed by atoms with van der Waals surface area (Å²) in [5.41, 5.74) is 1.33. The predicted molar refractivity (Wildman–Crippen MR) is 62.9 cm³/mol. The zero-order chi connectivity index (χ0) is 11.3. The Balaban J connectivity index is 3.01. The lowest BCUT2D eigenvalue weighted by Crippen LogP contribution is -1.97. The van der Waals surface area contributed by atoms with Crippen LogP contribution < -0.4 is 9.47 Å². The second-order valence-corrected chi connectivity index (χ2v) is 3.63. The van der Waals surface area contributed by atoms with E-state index in [0.29, 0.717) is 5.92 Å². The number of rotatable bonds is 5. The Kier molecular flexibility index (Phi) is 4.47. The number of benzene rings is 1. The minimum Gasteiger partial charge on any atom is -0.493 e. The molecule has 0 unspecified atom stereocenters. The van der Waals surface area contributed by atoms with Gasteiger partial charge in [0.1, 0.15) is 0 Å². The number of hydrogen-bond acceptors (Lipinski definition) is 2. The first kappa shape index (κ1) is 11.9. The number of ether oxygens (including phenoxy) is 2. The van der Waals surface area contributed by atoms with Crippen molar-refractivity contribution < 1.29 is 9.47 Å². The Hall–Kier alpha value is -1.18. The first-order valence-corrected chi connectivity index (χ1v) is 5.48. The molecule has 15 heavy (non-hydrogen) atoms. The van der Waals surface area contributed by atoms with E-state index in [2.05, 4.69) is 26.0 Å². The van der Waals surface area contributed by atoms with Gasteiger partial charge in [0, 0.05) is 0 Å². The standard InChI is InChI=1S/C13H20O2/c1-5-10(6-2)11-7-8-12(14-3)13(9-11)15-4/h7-10H,5-6H2,1-4H3. The monoisotopic (exact) mass is 208 g/mol. The Bertz CT molecular complexity index is 303. The summed E-state index contributed by atoms with van der Waals surface area (Å²) in [6.07, 6.45) is 2.32. The van der Waals surface area contributed by atoms with Crippen LogP contribution in [0.2, 0.25) is 0 Å². The van der Waals surface area contributed by atoms with E-state index < -0.39 is 0 Å². The summed E-state index contributed by atoms with van der Waals surface area (Å²) in [4.78, 5) is 0. The van der Waals surface area contributed by atoms with Crippen LogP contribution >= 0.6 is 0 Å². The molecular weight excluding hydrogens is 188 g/mol. The first-order chi connectivity index (χ1) is 7.26. The van der Waals surface area contributed by atoms with Crippen LogP contribution in [0.5, 0.6) is 11.5 Å². The van der Waals surface area contributed by atoms with Crippen molar-refractivity contribution in [3.63, 3.8) is 0 Å². The van der Waals surface area contributed by atoms with E-state index in [-0.39, 0.29) is 0 Å². The van der Waals surface area contributed by atoms with Gasteiger partial charge in [0.05, 0.1) is 14.2 Å². The zero-order valence-corrected chi connectivity index (χ0v) is 10.0. The van der Waals surface area contributed by atoms with Gasteiger partial charge in [-0.05, 0) is 36.5 Å². The topological polar surface area (TPSA) is 18.5 Å². The van der Waals surface area contributed by atoms with E-state index in [4.69, 9.17) is 9.47 Å². The van der Waals surface area contributed by atoms with Crippen molar-refractivity contribution in [1.82, 2.24) is 0 Å². The van der Waals surface area contributed by atoms with Gasteiger partial charge in [-0.3, -0.25) is 0 Å². The number of hydrogen-bond donors (Lipinski definition) is 0. The molecule has 1 aromatic carbocycles. The summed E-state index contributed by atoms with van der Waals surface area (Å²) in [6.45, 7) is 4.43. The van der Waals surface area contributed by atoms with Gasteiger partial charge in [-0.25, -0.2) is 0 Å². The molecule has 0 fully saturated rings. The normalized spacial score (nSPS) is 10.5. The van der Waals surface area contributed by atoms with Crippen molar-refractivity contribution in [2.75, 3.05) is 14.2 Å². The highest BCUT2D eigenvalue weighted by Crippen LogP contribution is 2.32. The molecule has 0 saturated heterocycles. The maximum atomic E-state index is 5.29. The van der Waals surface area contributed by atoms with E-state index in [1.54, 1.807) is 14.2 Å². The van der Waals surface area contributed by atoms with Crippen LogP contribution in [0.3, 0.4) is 0 Å². The van der Waals surface area contributed by atoms with Gasteiger partial charge in [0.2, 0.25) is 0 Å². The van der Waals surface area contributed by atoms with Crippen molar-refractivity contribution in [2.24, 2.45) is 0 Å². The van der Waals surface area contributed by atoms with Gasteiger partial charge in [-0.1, -0.05) is 19.9 Å². The summed E-state index contributed by atoms with van der Waals surface area (Å²) in [5, 5.41) is 0. The van der Waals surface area contributed by atoms with E-state index in [0.717, 1.165) is 24.3 Å². The highest BCUT2D eigenvalue weighted by atomic mass is 16.5. The van der Waals surface area contributed by atoms with Crippen molar-refractivity contribution in [2.45, 2.75) is 32.6 Å². The zero-order valence-electron chi connectivity index (χ0n) is 10.0. The third kappa shape index (κ3) is 2.65. The van der Waals surface area contributed by atoms with Crippen LogP contribution in [0, 0.1) is 0 Å². The van der Waals surface area contributed by atoms with E-state index in [1.165, 1.54) is 5.56 Å². The predicted octanol–water partition coefficient (Wildman–Crippen LogP) is 3.61. The molecule has 0 bridgehead atoms. The molecule has 0 aliphatic carbocycles. The van der Waals surface area contributed by atoms with Gasteiger partial charge >= 0.3 is 0 Å². The molecule has 0 spiro atoms. The number of methoxy groups -OCH3 is 2. The van der Waals surface area contributed by atoms with E-state index in [9.17, 15) is 0 Å². The smallest absolute Gasteiger partial charge is 0.160 e. The van der Waals surface area contributed by atoms with Crippen molar-refractivity contribution in [3.8, 4) is 11.5 Å². The van der Waals surface area contributed by atoms with E-state index >= 15 is 0 Å². The minimum atomic E-state index is 0.616. The largest absolute Gasteiger partial charge is 0.493 e. The quantitative estimate of drug-likeness (QED) is 0.736. The van der Waals surface area contributed by atoms with Crippen molar-refractivity contribution in [1.29, 1.82) is 0 Å². The van der Waals surface area contributed by atoms with Crippen molar-refractivity contribution >= 4 is 0 Å². The molecule has 84 valence electrons. The summed E-state index contributed by atoms with van der Waals surface area (Å²) in [5.74, 6) is 2.24. The van der Waals surface area contributed by atoms with Crippen LogP contribution in [0.4, 0.5) is 0 Å². The lowest BCUT2D eigenvalue weighted by molar-refractivity contribution is 0.354. The Morgan fingerprint density at radius 2 is 1.60 bits per heavy atom. The average Bonchev–Trinajstić information content (AvgIpc) is 2.30. The summed E-state index contributed by atoms with van der Waals surface area (Å²) < 4.78 is 10.5. The molecule has 0 atom stereocenters. The fourth-order valence-electron chi connectivity index (χ4n) is 1.87. The SMILES string of the molecule is CCC(CC)c1ccc(OC)c(OC)c1. The maximum Gasteiger partial charge on any atom is 0.160 e. The van der Waals surface area contributed by atoms with Crippen LogP contribution in [0.15, 0.2) is 18.2 Å². The van der Waals surface area contributed by atoms with Gasteiger partial charge < -0.3 is 9.47 Å². The third-order valence-electron chi connectivity index (χ3n) is 2.86. The van der Waals surface area contributed by atoms with Gasteiger partial charge in [0.15, 0.2) is 11.5 Å². The third-order valence-corrected chi connectivity index (χ3v) is 2.86. The highest BCUT2D eigenvalue weighted by molar-refractivity contribution is 5.43. The fraction of sp³-hybridized carbons (Fsp3) is 0.538. The van der Waals surface area contributed by atoms with E-state index in [1.807, 2.05) is 6.07 Å². The Morgan fingerprint density at radius 3 is 2.07 bits per heavy atom. The molecule has 2 nitrogen and oxygen atoms in total. The molecule has 2 heteroatoms. The average molecular weight is 208 g/mol. The van der Waals surface area contributed by atoms with Gasteiger partial charge in [-0.2, -0.15) is 0 Å². The van der Waals surface area contributed by atoms with Crippen LogP contribution in [0.25, 0.3) is 0 Å². The lowest BCUT2D eigenvalue weighted by Gasteiger charge is -2.15. The summed E-state index contributed by atoms with van der Waals surface area (Å²) >= 11 is 0. The van der Waals surface area contributed by atoms with Crippen LogP contribution in [-0.4, -0.2) is 14.2 Å². The maximum absolute atomic E-state index is 5.29. The van der Waals surface area contributed by atoms with Gasteiger partial charge in [-0.15, -0.1) is 0 Å². The fourth-order valence-corrected chi connectivity index (χ4v) is 1.87.